The number of carbonyl (C=O) groups is 5. The van der Waals surface area contributed by atoms with E-state index in [9.17, 15) is 41.5 Å². The fourth-order valence-corrected chi connectivity index (χ4v) is 6.59. The van der Waals surface area contributed by atoms with Crippen LogP contribution in [0.3, 0.4) is 0 Å². The number of rotatable bonds is 11. The Labute approximate surface area is 249 Å². The number of fused-ring (bicyclic) bond motifs is 3. The zero-order chi connectivity index (χ0) is 32.4. The molecule has 3 saturated heterocycles. The Morgan fingerprint density at radius 2 is 1.80 bits per heavy atom. The molecule has 0 aromatic carbocycles. The number of esters is 1. The van der Waals surface area contributed by atoms with Gasteiger partial charge < -0.3 is 25.6 Å². The molecule has 4 amide bonds. The maximum absolute atomic E-state index is 15.2. The van der Waals surface area contributed by atoms with Gasteiger partial charge in [0, 0.05) is 24.9 Å². The molecule has 44 heavy (non-hydrogen) atoms. The van der Waals surface area contributed by atoms with E-state index in [0.29, 0.717) is 31.9 Å². The summed E-state index contributed by atoms with van der Waals surface area (Å²) in [5, 5.41) is 6.69. The van der Waals surface area contributed by atoms with Gasteiger partial charge in [-0.3, -0.25) is 19.2 Å². The molecule has 16 heteroatoms. The molecular formula is C28H36F6N4O6. The summed E-state index contributed by atoms with van der Waals surface area (Å²) < 4.78 is 89.1. The first-order chi connectivity index (χ1) is 20.6. The monoisotopic (exact) mass is 638 g/mol. The van der Waals surface area contributed by atoms with Crippen LogP contribution in [-0.4, -0.2) is 83.9 Å². The molecule has 0 radical (unpaired) electrons. The first-order valence-corrected chi connectivity index (χ1v) is 14.8. The second-order valence-electron chi connectivity index (χ2n) is 11.9. The van der Waals surface area contributed by atoms with Crippen LogP contribution in [0.2, 0.25) is 0 Å². The number of halogens is 6. The van der Waals surface area contributed by atoms with E-state index in [1.165, 1.54) is 6.92 Å². The quantitative estimate of drug-likeness (QED) is 0.181. The van der Waals surface area contributed by atoms with Gasteiger partial charge in [-0.05, 0) is 51.0 Å². The van der Waals surface area contributed by atoms with E-state index in [1.807, 2.05) is 0 Å². The van der Waals surface area contributed by atoms with E-state index in [2.05, 4.69) is 15.4 Å². The Bertz CT molecular complexity index is 1180. The van der Waals surface area contributed by atoms with Crippen LogP contribution >= 0.6 is 0 Å². The second kappa shape index (κ2) is 13.3. The fourth-order valence-electron chi connectivity index (χ4n) is 6.59. The van der Waals surface area contributed by atoms with Gasteiger partial charge >= 0.3 is 18.1 Å². The molecule has 5 fully saturated rings. The molecule has 0 unspecified atom stereocenters. The zero-order valence-electron chi connectivity index (χ0n) is 24.1. The third-order valence-corrected chi connectivity index (χ3v) is 8.96. The van der Waals surface area contributed by atoms with Gasteiger partial charge in [-0.2, -0.15) is 17.6 Å². The number of hydrogen-bond acceptors (Lipinski definition) is 6. The minimum Gasteiger partial charge on any atom is -0.461 e. The molecule has 3 N–H and O–H groups in total. The van der Waals surface area contributed by atoms with Crippen LogP contribution in [-0.2, 0) is 28.7 Å². The first-order valence-electron chi connectivity index (χ1n) is 14.8. The highest BCUT2D eigenvalue weighted by Gasteiger charge is 2.61. The van der Waals surface area contributed by atoms with Crippen molar-refractivity contribution in [3.63, 3.8) is 0 Å². The minimum atomic E-state index is -5.31. The average molecular weight is 639 g/mol. The Kier molecular flexibility index (Phi) is 10.2. The van der Waals surface area contributed by atoms with E-state index in [-0.39, 0.29) is 38.2 Å². The van der Waals surface area contributed by atoms with Gasteiger partial charge in [-0.25, -0.2) is 13.6 Å². The van der Waals surface area contributed by atoms with E-state index in [0.717, 1.165) is 11.3 Å². The van der Waals surface area contributed by atoms with Crippen LogP contribution in [0.5, 0.6) is 0 Å². The fraction of sp³-hybridized carbons (Fsp3) is 0.750. The number of piperidine rings is 2. The van der Waals surface area contributed by atoms with Gasteiger partial charge in [0.2, 0.25) is 23.5 Å². The highest BCUT2D eigenvalue weighted by molar-refractivity contribution is 5.94. The number of ether oxygens (including phenoxy) is 1. The molecule has 6 atom stereocenters. The molecule has 0 aromatic heterocycles. The maximum Gasteiger partial charge on any atom is 0.471 e. The van der Waals surface area contributed by atoms with Gasteiger partial charge in [0.1, 0.15) is 12.1 Å². The number of nitrogens with zero attached hydrogens (tertiary/aromatic N) is 1. The average Bonchev–Trinajstić information content (AvgIpc) is 3.31. The summed E-state index contributed by atoms with van der Waals surface area (Å²) in [5.74, 6) is -13.7. The molecule has 0 aromatic rings. The summed E-state index contributed by atoms with van der Waals surface area (Å²) in [5.41, 5.74) is 0. The van der Waals surface area contributed by atoms with Crippen LogP contribution in [0.15, 0.2) is 11.9 Å². The van der Waals surface area contributed by atoms with Gasteiger partial charge in [0.25, 0.3) is 5.92 Å². The summed E-state index contributed by atoms with van der Waals surface area (Å²) in [7, 11) is 0. The molecule has 5 aliphatic rings. The Morgan fingerprint density at radius 3 is 2.34 bits per heavy atom. The van der Waals surface area contributed by atoms with E-state index < -0.39 is 89.9 Å². The number of hydrogen-bond donors (Lipinski definition) is 3. The lowest BCUT2D eigenvalue weighted by atomic mass is 9.71. The zero-order valence-corrected chi connectivity index (χ0v) is 24.1. The van der Waals surface area contributed by atoms with E-state index in [1.54, 1.807) is 5.32 Å². The SMILES string of the molecule is CCOC(=O)/C(F)=C/[C@H](C[C@H]1CCNC1=O)NC(=O)[C@@H]1[C@H]2CC[C@H](CC2(F)F)N1C(=O)[C@H](CC1CCC1)NC(=O)C(F)(F)F. The Hall–Kier alpha value is -3.33. The molecule has 10 nitrogen and oxygen atoms in total. The highest BCUT2D eigenvalue weighted by Crippen LogP contribution is 2.49. The van der Waals surface area contributed by atoms with Crippen molar-refractivity contribution in [2.45, 2.75) is 101 Å². The molecule has 2 saturated carbocycles. The number of nitrogens with one attached hydrogen (secondary N) is 3. The molecular weight excluding hydrogens is 602 g/mol. The highest BCUT2D eigenvalue weighted by atomic mass is 19.4. The van der Waals surface area contributed by atoms with Crippen molar-refractivity contribution in [3.05, 3.63) is 11.9 Å². The van der Waals surface area contributed by atoms with Crippen LogP contribution in [0.25, 0.3) is 0 Å². The molecule has 246 valence electrons. The van der Waals surface area contributed by atoms with E-state index >= 15 is 8.78 Å². The first kappa shape index (κ1) is 33.6. The van der Waals surface area contributed by atoms with Gasteiger partial charge in [-0.15, -0.1) is 0 Å². The standard InChI is InChI=1S/C28H36F6N4O6/c1-2-44-25(42)19(29)12-16(11-15-8-9-35-22(15)39)36-23(40)21-18-7-6-17(13-27(18,30)31)38(21)24(41)20(10-14-4-3-5-14)37-26(43)28(32,33)34/h12,14-18,20-21H,2-11,13H2,1H3,(H,35,39)(H,36,40)(H,37,43)/b19-12-/t15-,16+,17-,18-,20+,21+/m1/s1. The number of alkyl halides is 5. The van der Waals surface area contributed by atoms with Gasteiger partial charge in [0.05, 0.1) is 18.6 Å². The second-order valence-corrected chi connectivity index (χ2v) is 11.9. The van der Waals surface area contributed by atoms with Crippen molar-refractivity contribution in [2.24, 2.45) is 17.8 Å². The van der Waals surface area contributed by atoms with Crippen LogP contribution < -0.4 is 16.0 Å². The smallest absolute Gasteiger partial charge is 0.461 e. The topological polar surface area (TPSA) is 134 Å². The summed E-state index contributed by atoms with van der Waals surface area (Å²) in [4.78, 5) is 64.4. The Balaban J connectivity index is 1.64. The number of carbonyl (C=O) groups excluding carboxylic acids is 5. The van der Waals surface area contributed by atoms with Crippen LogP contribution in [0.4, 0.5) is 26.3 Å². The van der Waals surface area contributed by atoms with Gasteiger partial charge in [-0.1, -0.05) is 19.3 Å². The predicted octanol–water partition coefficient (Wildman–Crippen LogP) is 2.67. The molecule has 2 bridgehead atoms. The summed E-state index contributed by atoms with van der Waals surface area (Å²) >= 11 is 0. The van der Waals surface area contributed by atoms with Crippen molar-refractivity contribution >= 4 is 29.6 Å². The summed E-state index contributed by atoms with van der Waals surface area (Å²) in [6.07, 6.45) is -3.60. The van der Waals surface area contributed by atoms with Crippen LogP contribution in [0, 0.1) is 17.8 Å². The lowest BCUT2D eigenvalue weighted by molar-refractivity contribution is -0.196. The molecule has 0 spiro atoms. The summed E-state index contributed by atoms with van der Waals surface area (Å²) in [6, 6.07) is -6.15. The maximum atomic E-state index is 15.2. The molecule has 3 heterocycles. The predicted molar refractivity (Wildman–Crippen MR) is 140 cm³/mol. The third-order valence-electron chi connectivity index (χ3n) is 8.96. The van der Waals surface area contributed by atoms with Crippen LogP contribution in [0.1, 0.15) is 64.7 Å². The van der Waals surface area contributed by atoms with Crippen molar-refractivity contribution < 1.29 is 55.1 Å². The third kappa shape index (κ3) is 7.48. The van der Waals surface area contributed by atoms with Crippen molar-refractivity contribution in [2.75, 3.05) is 13.2 Å². The largest absolute Gasteiger partial charge is 0.471 e. The van der Waals surface area contributed by atoms with Gasteiger partial charge in [0.15, 0.2) is 0 Å². The van der Waals surface area contributed by atoms with E-state index in [4.69, 9.17) is 0 Å². The normalized spacial score (nSPS) is 28.0. The minimum absolute atomic E-state index is 0.0577. The van der Waals surface area contributed by atoms with Crippen molar-refractivity contribution in [3.8, 4) is 0 Å². The van der Waals surface area contributed by atoms with Crippen molar-refractivity contribution in [1.29, 1.82) is 0 Å². The summed E-state index contributed by atoms with van der Waals surface area (Å²) in [6.45, 7) is 1.58. The van der Waals surface area contributed by atoms with Crippen molar-refractivity contribution in [1.82, 2.24) is 20.9 Å². The number of amides is 4. The lowest BCUT2D eigenvalue weighted by Gasteiger charge is -2.54. The Morgan fingerprint density at radius 1 is 1.09 bits per heavy atom. The molecule has 5 rings (SSSR count). The molecule has 3 aliphatic heterocycles. The lowest BCUT2D eigenvalue weighted by Crippen LogP contribution is -2.71. The molecule has 2 aliphatic carbocycles.